The predicted octanol–water partition coefficient (Wildman–Crippen LogP) is 4.09. The van der Waals surface area contributed by atoms with Gasteiger partial charge in [0.15, 0.2) is 0 Å². The van der Waals surface area contributed by atoms with E-state index in [9.17, 15) is 9.18 Å². The summed E-state index contributed by atoms with van der Waals surface area (Å²) >= 11 is 6.50. The second-order valence-electron chi connectivity index (χ2n) is 3.32. The van der Waals surface area contributed by atoms with Crippen molar-refractivity contribution in [2.45, 2.75) is 19.3 Å². The Morgan fingerprint density at radius 2 is 2.12 bits per heavy atom. The van der Waals surface area contributed by atoms with Crippen LogP contribution < -0.4 is 5.32 Å². The van der Waals surface area contributed by atoms with Gasteiger partial charge in [0.05, 0.1) is 5.69 Å². The van der Waals surface area contributed by atoms with E-state index in [1.165, 1.54) is 12.1 Å². The van der Waals surface area contributed by atoms with E-state index in [1.54, 1.807) is 6.07 Å². The average molecular weight is 353 g/mol. The molecule has 0 saturated carbocycles. The number of carbonyl (C=O) groups excluding carboxylic acids is 1. The van der Waals surface area contributed by atoms with Crippen molar-refractivity contribution in [2.75, 3.05) is 10.6 Å². The number of amides is 1. The molecular weight excluding hydrogens is 341 g/mol. The average Bonchev–Trinajstić information content (AvgIpc) is 2.23. The minimum atomic E-state index is -0.329. The Kier molecular flexibility index (Phi) is 5.98. The minimum absolute atomic E-state index is 0.0479. The molecule has 1 N–H and O–H groups in total. The molecule has 0 spiro atoms. The molecule has 1 aromatic carbocycles. The first kappa shape index (κ1) is 13.6. The summed E-state index contributed by atoms with van der Waals surface area (Å²) in [4.78, 5) is 11.5. The minimum Gasteiger partial charge on any atom is -0.325 e. The van der Waals surface area contributed by atoms with Crippen molar-refractivity contribution in [2.24, 2.45) is 0 Å². The van der Waals surface area contributed by atoms with Gasteiger partial charge < -0.3 is 5.32 Å². The van der Waals surface area contributed by atoms with Gasteiger partial charge >= 0.3 is 0 Å². The molecule has 1 amide bonds. The van der Waals surface area contributed by atoms with Crippen LogP contribution >= 0.6 is 31.9 Å². The third kappa shape index (κ3) is 4.61. The van der Waals surface area contributed by atoms with Gasteiger partial charge in [-0.15, -0.1) is 0 Å². The van der Waals surface area contributed by atoms with Crippen molar-refractivity contribution in [1.82, 2.24) is 0 Å². The summed E-state index contributed by atoms with van der Waals surface area (Å²) in [6, 6.07) is 4.19. The summed E-state index contributed by atoms with van der Waals surface area (Å²) in [5.74, 6) is -0.377. The molecule has 88 valence electrons. The molecule has 0 aliphatic heterocycles. The van der Waals surface area contributed by atoms with Gasteiger partial charge in [-0.3, -0.25) is 4.79 Å². The fourth-order valence-electron chi connectivity index (χ4n) is 1.18. The van der Waals surface area contributed by atoms with E-state index in [4.69, 9.17) is 0 Å². The lowest BCUT2D eigenvalue weighted by molar-refractivity contribution is -0.116. The quantitative estimate of drug-likeness (QED) is 0.627. The van der Waals surface area contributed by atoms with Crippen molar-refractivity contribution in [3.63, 3.8) is 0 Å². The summed E-state index contributed by atoms with van der Waals surface area (Å²) in [7, 11) is 0. The number of unbranched alkanes of at least 4 members (excludes halogenated alkanes) is 1. The largest absolute Gasteiger partial charge is 0.325 e. The van der Waals surface area contributed by atoms with Gasteiger partial charge in [0.1, 0.15) is 5.82 Å². The topological polar surface area (TPSA) is 29.1 Å². The van der Waals surface area contributed by atoms with Crippen LogP contribution in [0.15, 0.2) is 22.7 Å². The summed E-state index contributed by atoms with van der Waals surface area (Å²) in [6.45, 7) is 0. The normalized spacial score (nSPS) is 10.2. The molecule has 0 unspecified atom stereocenters. The van der Waals surface area contributed by atoms with Gasteiger partial charge in [-0.25, -0.2) is 4.39 Å². The predicted molar refractivity (Wildman–Crippen MR) is 70.4 cm³/mol. The highest BCUT2D eigenvalue weighted by Gasteiger charge is 2.05. The molecule has 0 aliphatic carbocycles. The first-order chi connectivity index (χ1) is 7.63. The van der Waals surface area contributed by atoms with Crippen molar-refractivity contribution in [3.05, 3.63) is 28.5 Å². The first-order valence-electron chi connectivity index (χ1n) is 4.94. The van der Waals surface area contributed by atoms with Gasteiger partial charge in [0.25, 0.3) is 0 Å². The Morgan fingerprint density at radius 3 is 2.75 bits per heavy atom. The van der Waals surface area contributed by atoms with Gasteiger partial charge in [-0.05, 0) is 47.0 Å². The third-order valence-electron chi connectivity index (χ3n) is 1.99. The van der Waals surface area contributed by atoms with Crippen molar-refractivity contribution >= 4 is 43.5 Å². The second-order valence-corrected chi connectivity index (χ2v) is 4.97. The SMILES string of the molecule is O=C(CCCCBr)Nc1ccc(F)cc1Br. The highest BCUT2D eigenvalue weighted by Crippen LogP contribution is 2.23. The number of benzene rings is 1. The molecule has 0 bridgehead atoms. The van der Waals surface area contributed by atoms with E-state index in [1.807, 2.05) is 0 Å². The standard InChI is InChI=1S/C11H12Br2FNO/c12-6-2-1-3-11(16)15-10-5-4-8(14)7-9(10)13/h4-5,7H,1-3,6H2,(H,15,16). The Balaban J connectivity index is 2.49. The first-order valence-corrected chi connectivity index (χ1v) is 6.86. The fourth-order valence-corrected chi connectivity index (χ4v) is 2.03. The maximum atomic E-state index is 12.8. The zero-order valence-electron chi connectivity index (χ0n) is 8.60. The molecule has 0 aliphatic rings. The van der Waals surface area contributed by atoms with Crippen LogP contribution in [0, 0.1) is 5.82 Å². The summed E-state index contributed by atoms with van der Waals surface area (Å²) in [6.07, 6.45) is 2.29. The van der Waals surface area contributed by atoms with Crippen LogP contribution in [0.5, 0.6) is 0 Å². The zero-order chi connectivity index (χ0) is 12.0. The molecular formula is C11H12Br2FNO. The fraction of sp³-hybridized carbons (Fsp3) is 0.364. The molecule has 0 saturated heterocycles. The molecule has 0 fully saturated rings. The van der Waals surface area contributed by atoms with Crippen LogP contribution in [-0.2, 0) is 4.79 Å². The van der Waals surface area contributed by atoms with Crippen LogP contribution in [0.25, 0.3) is 0 Å². The second kappa shape index (κ2) is 7.01. The molecule has 1 rings (SSSR count). The van der Waals surface area contributed by atoms with E-state index in [2.05, 4.69) is 37.2 Å². The maximum absolute atomic E-state index is 12.8. The number of halogens is 3. The van der Waals surface area contributed by atoms with Gasteiger partial charge in [-0.2, -0.15) is 0 Å². The number of alkyl halides is 1. The number of hydrogen-bond acceptors (Lipinski definition) is 1. The maximum Gasteiger partial charge on any atom is 0.224 e. The molecule has 5 heteroatoms. The number of rotatable bonds is 5. The molecule has 2 nitrogen and oxygen atoms in total. The summed E-state index contributed by atoms with van der Waals surface area (Å²) < 4.78 is 13.3. The number of carbonyl (C=O) groups is 1. The smallest absolute Gasteiger partial charge is 0.224 e. The highest BCUT2D eigenvalue weighted by molar-refractivity contribution is 9.10. The van der Waals surface area contributed by atoms with Crippen molar-refractivity contribution in [1.29, 1.82) is 0 Å². The molecule has 0 atom stereocenters. The third-order valence-corrected chi connectivity index (χ3v) is 3.21. The van der Waals surface area contributed by atoms with Crippen LogP contribution in [0.4, 0.5) is 10.1 Å². The Hall–Kier alpha value is -0.420. The summed E-state index contributed by atoms with van der Waals surface area (Å²) in [5.41, 5.74) is 0.602. The van der Waals surface area contributed by atoms with Crippen molar-refractivity contribution < 1.29 is 9.18 Å². The molecule has 0 aromatic heterocycles. The lowest BCUT2D eigenvalue weighted by atomic mass is 10.2. The van der Waals surface area contributed by atoms with Crippen LogP contribution in [0.1, 0.15) is 19.3 Å². The van der Waals surface area contributed by atoms with Crippen LogP contribution in [0.3, 0.4) is 0 Å². The van der Waals surface area contributed by atoms with Crippen LogP contribution in [-0.4, -0.2) is 11.2 Å². The van der Waals surface area contributed by atoms with Gasteiger partial charge in [-0.1, -0.05) is 15.9 Å². The Bertz CT molecular complexity index is 371. The molecule has 1 aromatic rings. The van der Waals surface area contributed by atoms with E-state index >= 15 is 0 Å². The number of nitrogens with one attached hydrogen (secondary N) is 1. The molecule has 0 heterocycles. The molecule has 0 radical (unpaired) electrons. The monoisotopic (exact) mass is 351 g/mol. The Morgan fingerprint density at radius 1 is 1.38 bits per heavy atom. The van der Waals surface area contributed by atoms with Gasteiger partial charge in [0.2, 0.25) is 5.91 Å². The number of anilines is 1. The van der Waals surface area contributed by atoms with E-state index < -0.39 is 0 Å². The zero-order valence-corrected chi connectivity index (χ0v) is 11.8. The summed E-state index contributed by atoms with van der Waals surface area (Å²) in [5, 5.41) is 3.63. The highest BCUT2D eigenvalue weighted by atomic mass is 79.9. The van der Waals surface area contributed by atoms with E-state index in [0.29, 0.717) is 16.6 Å². The lowest BCUT2D eigenvalue weighted by Crippen LogP contribution is -2.11. The number of hydrogen-bond donors (Lipinski definition) is 1. The Labute approximate surface area is 111 Å². The van der Waals surface area contributed by atoms with Crippen LogP contribution in [0.2, 0.25) is 0 Å². The molecule has 16 heavy (non-hydrogen) atoms. The van der Waals surface area contributed by atoms with Crippen molar-refractivity contribution in [3.8, 4) is 0 Å². The van der Waals surface area contributed by atoms with Gasteiger partial charge in [0, 0.05) is 16.2 Å². The van der Waals surface area contributed by atoms with E-state index in [0.717, 1.165) is 18.2 Å². The van der Waals surface area contributed by atoms with E-state index in [-0.39, 0.29) is 11.7 Å². The lowest BCUT2D eigenvalue weighted by Gasteiger charge is -2.06.